The van der Waals surface area contributed by atoms with Crippen molar-refractivity contribution in [2.24, 2.45) is 0 Å². The van der Waals surface area contributed by atoms with Gasteiger partial charge in [0, 0.05) is 18.7 Å². The summed E-state index contributed by atoms with van der Waals surface area (Å²) in [6.07, 6.45) is 0.603. The van der Waals surface area contributed by atoms with Gasteiger partial charge in [0.15, 0.2) is 6.61 Å². The van der Waals surface area contributed by atoms with Crippen molar-refractivity contribution in [1.82, 2.24) is 5.32 Å². The number of amides is 2. The van der Waals surface area contributed by atoms with Crippen LogP contribution in [0.2, 0.25) is 0 Å². The second-order valence-corrected chi connectivity index (χ2v) is 3.76. The molecule has 0 radical (unpaired) electrons. The highest BCUT2D eigenvalue weighted by Crippen LogP contribution is 2.15. The molecule has 0 fully saturated rings. The molecule has 0 aromatic heterocycles. The van der Waals surface area contributed by atoms with Crippen LogP contribution in [0.4, 0.5) is 10.5 Å². The summed E-state index contributed by atoms with van der Waals surface area (Å²) in [7, 11) is 0. The molecule has 20 heavy (non-hydrogen) atoms. The molecule has 0 saturated carbocycles. The maximum Gasteiger partial charge on any atom is 0.341 e. The minimum absolute atomic E-state index is 0.317. The molecule has 1 aromatic carbocycles. The molecule has 0 spiro atoms. The number of carbonyl (C=O) groups excluding carboxylic acids is 1. The van der Waals surface area contributed by atoms with Crippen LogP contribution in [0.5, 0.6) is 5.75 Å². The number of carboxylic acids is 1. The maximum atomic E-state index is 11.5. The number of benzene rings is 1. The number of carbonyl (C=O) groups is 2. The van der Waals surface area contributed by atoms with E-state index in [1.807, 2.05) is 0 Å². The molecule has 0 aliphatic heterocycles. The first-order valence-corrected chi connectivity index (χ1v) is 6.01. The molecule has 0 aliphatic carbocycles. The van der Waals surface area contributed by atoms with Gasteiger partial charge in [-0.3, -0.25) is 0 Å². The van der Waals surface area contributed by atoms with Crippen LogP contribution in [0.15, 0.2) is 24.3 Å². The van der Waals surface area contributed by atoms with Gasteiger partial charge < -0.3 is 20.5 Å². The first kappa shape index (κ1) is 15.4. The average Bonchev–Trinajstić information content (AvgIpc) is 2.43. The molecule has 2 amide bonds. The summed E-state index contributed by atoms with van der Waals surface area (Å²) >= 11 is 0. The Morgan fingerprint density at radius 3 is 2.60 bits per heavy atom. The van der Waals surface area contributed by atoms with Crippen molar-refractivity contribution in [3.63, 3.8) is 0 Å². The Hall–Kier alpha value is -2.68. The van der Waals surface area contributed by atoms with E-state index in [-0.39, 0.29) is 6.03 Å². The summed E-state index contributed by atoms with van der Waals surface area (Å²) in [6.45, 7) is 1.83. The van der Waals surface area contributed by atoms with Gasteiger partial charge in [-0.15, -0.1) is 11.8 Å². The number of carboxylic acid groups (broad SMARTS) is 1. The van der Waals surface area contributed by atoms with E-state index in [4.69, 9.17) is 9.84 Å². The molecule has 0 heterocycles. The van der Waals surface area contributed by atoms with Crippen molar-refractivity contribution >= 4 is 17.7 Å². The predicted molar refractivity (Wildman–Crippen MR) is 74.7 cm³/mol. The minimum atomic E-state index is -1.04. The Labute approximate surface area is 117 Å². The first-order valence-electron chi connectivity index (χ1n) is 6.01. The normalized spacial score (nSPS) is 9.05. The summed E-state index contributed by atoms with van der Waals surface area (Å²) in [5, 5.41) is 13.8. The van der Waals surface area contributed by atoms with Gasteiger partial charge in [-0.05, 0) is 31.2 Å². The molecular weight excluding hydrogens is 260 g/mol. The molecule has 106 valence electrons. The third-order valence-electron chi connectivity index (χ3n) is 2.19. The van der Waals surface area contributed by atoms with Gasteiger partial charge in [0.25, 0.3) is 0 Å². The molecule has 1 aromatic rings. The summed E-state index contributed by atoms with van der Waals surface area (Å²) in [5.74, 6) is 4.97. The second-order valence-electron chi connectivity index (χ2n) is 3.76. The van der Waals surface area contributed by atoms with E-state index < -0.39 is 12.6 Å². The Morgan fingerprint density at radius 1 is 1.30 bits per heavy atom. The molecule has 6 nitrogen and oxygen atoms in total. The number of anilines is 1. The molecule has 6 heteroatoms. The minimum Gasteiger partial charge on any atom is -0.482 e. The highest BCUT2D eigenvalue weighted by molar-refractivity contribution is 5.89. The number of aliphatic carboxylic acids is 1. The summed E-state index contributed by atoms with van der Waals surface area (Å²) in [6, 6.07) is 6.11. The highest BCUT2D eigenvalue weighted by Gasteiger charge is 2.02. The molecule has 0 bridgehead atoms. The molecule has 0 atom stereocenters. The summed E-state index contributed by atoms with van der Waals surface area (Å²) in [5.41, 5.74) is 0.590. The third-order valence-corrected chi connectivity index (χ3v) is 2.19. The van der Waals surface area contributed by atoms with Crippen LogP contribution in [-0.4, -0.2) is 30.3 Å². The van der Waals surface area contributed by atoms with E-state index >= 15 is 0 Å². The van der Waals surface area contributed by atoms with E-state index in [2.05, 4.69) is 22.5 Å². The van der Waals surface area contributed by atoms with Crippen molar-refractivity contribution in [2.45, 2.75) is 13.3 Å². The van der Waals surface area contributed by atoms with E-state index in [0.29, 0.717) is 24.4 Å². The van der Waals surface area contributed by atoms with Gasteiger partial charge in [0.1, 0.15) is 5.75 Å². The number of urea groups is 1. The number of hydrogen-bond donors (Lipinski definition) is 3. The van der Waals surface area contributed by atoms with E-state index in [9.17, 15) is 9.59 Å². The zero-order valence-electron chi connectivity index (χ0n) is 11.1. The van der Waals surface area contributed by atoms with E-state index in [0.717, 1.165) is 0 Å². The Morgan fingerprint density at radius 2 is 2.00 bits per heavy atom. The number of nitrogens with one attached hydrogen (secondary N) is 2. The van der Waals surface area contributed by atoms with E-state index in [1.54, 1.807) is 31.2 Å². The lowest BCUT2D eigenvalue weighted by Gasteiger charge is -2.07. The second kappa shape index (κ2) is 8.43. The lowest BCUT2D eigenvalue weighted by Crippen LogP contribution is -2.29. The number of rotatable bonds is 6. The molecule has 0 saturated heterocycles. The first-order chi connectivity index (χ1) is 9.61. The van der Waals surface area contributed by atoms with Gasteiger partial charge in [-0.25, -0.2) is 9.59 Å². The smallest absolute Gasteiger partial charge is 0.341 e. The monoisotopic (exact) mass is 276 g/mol. The fourth-order valence-electron chi connectivity index (χ4n) is 1.32. The number of ether oxygens (including phenoxy) is 1. The molecule has 0 unspecified atom stereocenters. The Balaban J connectivity index is 2.38. The molecule has 3 N–H and O–H groups in total. The predicted octanol–water partition coefficient (Wildman–Crippen LogP) is 1.68. The van der Waals surface area contributed by atoms with Crippen LogP contribution >= 0.6 is 0 Å². The Bertz CT molecular complexity index is 514. The van der Waals surface area contributed by atoms with Crippen molar-refractivity contribution in [1.29, 1.82) is 0 Å². The zero-order valence-corrected chi connectivity index (χ0v) is 11.1. The zero-order chi connectivity index (χ0) is 14.8. The van der Waals surface area contributed by atoms with Crippen molar-refractivity contribution < 1.29 is 19.4 Å². The van der Waals surface area contributed by atoms with Crippen LogP contribution in [0.1, 0.15) is 13.3 Å². The van der Waals surface area contributed by atoms with Gasteiger partial charge >= 0.3 is 12.0 Å². The number of hydrogen-bond acceptors (Lipinski definition) is 3. The SMILES string of the molecule is CC#CCCNC(=O)Nc1ccc(OCC(=O)O)cc1. The van der Waals surface area contributed by atoms with E-state index in [1.165, 1.54) is 0 Å². The van der Waals surface area contributed by atoms with Crippen LogP contribution in [0, 0.1) is 11.8 Å². The van der Waals surface area contributed by atoms with Crippen molar-refractivity contribution in [2.75, 3.05) is 18.5 Å². The molecule has 1 rings (SSSR count). The maximum absolute atomic E-state index is 11.5. The average molecular weight is 276 g/mol. The van der Waals surface area contributed by atoms with Crippen molar-refractivity contribution in [3.8, 4) is 17.6 Å². The van der Waals surface area contributed by atoms with Crippen LogP contribution in [0.3, 0.4) is 0 Å². The van der Waals surface area contributed by atoms with Crippen LogP contribution < -0.4 is 15.4 Å². The topological polar surface area (TPSA) is 87.7 Å². The fourth-order valence-corrected chi connectivity index (χ4v) is 1.32. The quantitative estimate of drug-likeness (QED) is 0.545. The van der Waals surface area contributed by atoms with Gasteiger partial charge in [0.2, 0.25) is 0 Å². The lowest BCUT2D eigenvalue weighted by molar-refractivity contribution is -0.139. The summed E-state index contributed by atoms with van der Waals surface area (Å²) in [4.78, 5) is 21.8. The van der Waals surface area contributed by atoms with Crippen LogP contribution in [0.25, 0.3) is 0 Å². The third kappa shape index (κ3) is 6.31. The van der Waals surface area contributed by atoms with Gasteiger partial charge in [-0.1, -0.05) is 0 Å². The molecule has 0 aliphatic rings. The lowest BCUT2D eigenvalue weighted by atomic mass is 10.3. The van der Waals surface area contributed by atoms with Crippen LogP contribution in [-0.2, 0) is 4.79 Å². The van der Waals surface area contributed by atoms with Gasteiger partial charge in [0.05, 0.1) is 0 Å². The standard InChI is InChI=1S/C14H16N2O4/c1-2-3-4-9-15-14(19)16-11-5-7-12(8-6-11)20-10-13(17)18/h5-8H,4,9-10H2,1H3,(H,17,18)(H2,15,16,19). The highest BCUT2D eigenvalue weighted by atomic mass is 16.5. The van der Waals surface area contributed by atoms with Gasteiger partial charge in [-0.2, -0.15) is 0 Å². The fraction of sp³-hybridized carbons (Fsp3) is 0.286. The summed E-state index contributed by atoms with van der Waals surface area (Å²) < 4.78 is 4.98. The van der Waals surface area contributed by atoms with Crippen molar-refractivity contribution in [3.05, 3.63) is 24.3 Å². The molecular formula is C14H16N2O4. The Kier molecular flexibility index (Phi) is 6.48. The largest absolute Gasteiger partial charge is 0.482 e.